The summed E-state index contributed by atoms with van der Waals surface area (Å²) < 4.78 is 2.31. The lowest BCUT2D eigenvalue weighted by atomic mass is 9.76. The van der Waals surface area contributed by atoms with Gasteiger partial charge in [-0.15, -0.1) is 0 Å². The van der Waals surface area contributed by atoms with Gasteiger partial charge in [0.05, 0.1) is 0 Å². The number of amidine groups is 1. The van der Waals surface area contributed by atoms with Crippen molar-refractivity contribution in [3.63, 3.8) is 0 Å². The minimum atomic E-state index is -0.115. The first-order valence-corrected chi connectivity index (χ1v) is 12.5. The standard InChI is InChI=1S/C31H43N4/c1-29(2,3)26-12-9-13-35(20-26)21-31(6,7)27-15-22(14-23(16-27)19-32)18-30(4,5)25-11-8-10-24(17-25)28(33)34/h8-17,20H,18-19,21,32H2,1-7H3,(H3,33,34)/q+1. The van der Waals surface area contributed by atoms with E-state index >= 15 is 0 Å². The lowest BCUT2D eigenvalue weighted by Gasteiger charge is -2.28. The summed E-state index contributed by atoms with van der Waals surface area (Å²) in [6.45, 7) is 17.3. The molecular formula is C31H43N4+. The van der Waals surface area contributed by atoms with E-state index in [-0.39, 0.29) is 22.1 Å². The van der Waals surface area contributed by atoms with Crippen LogP contribution < -0.4 is 16.0 Å². The van der Waals surface area contributed by atoms with Crippen molar-refractivity contribution in [1.29, 1.82) is 5.41 Å². The molecule has 0 saturated heterocycles. The smallest absolute Gasteiger partial charge is 0.172 e. The lowest BCUT2D eigenvalue weighted by Crippen LogP contribution is -2.43. The van der Waals surface area contributed by atoms with Crippen LogP contribution in [0.3, 0.4) is 0 Å². The van der Waals surface area contributed by atoms with Crippen molar-refractivity contribution in [2.75, 3.05) is 0 Å². The highest BCUT2D eigenvalue weighted by molar-refractivity contribution is 5.95. The van der Waals surface area contributed by atoms with Crippen molar-refractivity contribution in [1.82, 2.24) is 0 Å². The zero-order chi connectivity index (χ0) is 26.0. The molecule has 0 aliphatic carbocycles. The van der Waals surface area contributed by atoms with Crippen LogP contribution >= 0.6 is 0 Å². The Morgan fingerprint density at radius 2 is 1.46 bits per heavy atom. The molecule has 0 amide bonds. The van der Waals surface area contributed by atoms with E-state index in [0.29, 0.717) is 6.54 Å². The van der Waals surface area contributed by atoms with Gasteiger partial charge >= 0.3 is 0 Å². The molecule has 35 heavy (non-hydrogen) atoms. The van der Waals surface area contributed by atoms with Crippen LogP contribution in [0.4, 0.5) is 0 Å². The van der Waals surface area contributed by atoms with E-state index < -0.39 is 0 Å². The van der Waals surface area contributed by atoms with Crippen molar-refractivity contribution in [3.8, 4) is 0 Å². The fraction of sp³-hybridized carbons (Fsp3) is 0.419. The van der Waals surface area contributed by atoms with E-state index in [1.165, 1.54) is 22.3 Å². The zero-order valence-corrected chi connectivity index (χ0v) is 22.6. The Morgan fingerprint density at radius 3 is 2.09 bits per heavy atom. The Bertz CT molecular complexity index is 1200. The van der Waals surface area contributed by atoms with Crippen LogP contribution in [-0.2, 0) is 35.8 Å². The first-order valence-electron chi connectivity index (χ1n) is 12.5. The molecule has 3 rings (SSSR count). The second kappa shape index (κ2) is 9.94. The summed E-state index contributed by atoms with van der Waals surface area (Å²) in [5, 5.41) is 7.81. The van der Waals surface area contributed by atoms with Crippen LogP contribution in [0.15, 0.2) is 67.0 Å². The van der Waals surface area contributed by atoms with Gasteiger partial charge in [-0.25, -0.2) is 4.57 Å². The van der Waals surface area contributed by atoms with Gasteiger partial charge in [0, 0.05) is 29.2 Å². The predicted molar refractivity (Wildman–Crippen MR) is 147 cm³/mol. The number of aromatic nitrogens is 1. The molecule has 1 heterocycles. The largest absolute Gasteiger partial charge is 0.384 e. The Hall–Kier alpha value is -2.98. The predicted octanol–water partition coefficient (Wildman–Crippen LogP) is 5.51. The van der Waals surface area contributed by atoms with E-state index in [1.807, 2.05) is 18.2 Å². The van der Waals surface area contributed by atoms with E-state index in [4.69, 9.17) is 16.9 Å². The third-order valence-corrected chi connectivity index (χ3v) is 6.97. The molecule has 4 heteroatoms. The molecule has 4 nitrogen and oxygen atoms in total. The maximum Gasteiger partial charge on any atom is 0.172 e. The third kappa shape index (κ3) is 6.58. The first kappa shape index (κ1) is 26.6. The van der Waals surface area contributed by atoms with Crippen molar-refractivity contribution in [2.45, 2.75) is 84.2 Å². The number of benzene rings is 2. The SMILES string of the molecule is CC(C)(C)c1ccc[n+](CC(C)(C)c2cc(CN)cc(CC(C)(C)c3cccc(C(=N)N)c3)c2)c1. The Morgan fingerprint density at radius 1 is 0.800 bits per heavy atom. The number of nitrogens with one attached hydrogen (secondary N) is 1. The van der Waals surface area contributed by atoms with Crippen molar-refractivity contribution in [2.24, 2.45) is 11.5 Å². The van der Waals surface area contributed by atoms with Gasteiger partial charge in [0.1, 0.15) is 5.84 Å². The third-order valence-electron chi connectivity index (χ3n) is 6.97. The van der Waals surface area contributed by atoms with Crippen LogP contribution in [-0.4, -0.2) is 5.84 Å². The highest BCUT2D eigenvalue weighted by Crippen LogP contribution is 2.32. The van der Waals surface area contributed by atoms with Crippen molar-refractivity contribution in [3.05, 3.63) is 100 Å². The molecular weight excluding hydrogens is 428 g/mol. The maximum absolute atomic E-state index is 7.81. The number of rotatable bonds is 8. The monoisotopic (exact) mass is 471 g/mol. The summed E-state index contributed by atoms with van der Waals surface area (Å²) in [5.74, 6) is 0.102. The highest BCUT2D eigenvalue weighted by Gasteiger charge is 2.29. The van der Waals surface area contributed by atoms with Crippen LogP contribution in [0, 0.1) is 5.41 Å². The van der Waals surface area contributed by atoms with Crippen LogP contribution in [0.25, 0.3) is 0 Å². The molecule has 186 valence electrons. The molecule has 0 bridgehead atoms. The molecule has 0 radical (unpaired) electrons. The summed E-state index contributed by atoms with van der Waals surface area (Å²) in [6, 6.07) is 19.3. The molecule has 0 aliphatic heterocycles. The minimum Gasteiger partial charge on any atom is -0.384 e. The van der Waals surface area contributed by atoms with E-state index in [9.17, 15) is 0 Å². The number of pyridine rings is 1. The summed E-state index contributed by atoms with van der Waals surface area (Å²) in [5.41, 5.74) is 18.8. The molecule has 0 atom stereocenters. The molecule has 0 fully saturated rings. The number of nitrogens with two attached hydrogens (primary N) is 2. The highest BCUT2D eigenvalue weighted by atomic mass is 14.9. The zero-order valence-electron chi connectivity index (χ0n) is 22.6. The molecule has 2 aromatic carbocycles. The summed E-state index contributed by atoms with van der Waals surface area (Å²) in [6.07, 6.45) is 5.31. The Balaban J connectivity index is 1.93. The average Bonchev–Trinajstić information content (AvgIpc) is 2.78. The molecule has 1 aromatic heterocycles. The van der Waals surface area contributed by atoms with E-state index in [0.717, 1.165) is 24.1 Å². The van der Waals surface area contributed by atoms with Gasteiger partial charge in [-0.05, 0) is 65.5 Å². The van der Waals surface area contributed by atoms with Crippen LogP contribution in [0.2, 0.25) is 0 Å². The van der Waals surface area contributed by atoms with Crippen molar-refractivity contribution < 1.29 is 4.57 Å². The Kier molecular flexibility index (Phi) is 7.56. The normalized spacial score (nSPS) is 12.6. The van der Waals surface area contributed by atoms with Crippen LogP contribution in [0.1, 0.15) is 81.8 Å². The van der Waals surface area contributed by atoms with Gasteiger partial charge in [0.25, 0.3) is 0 Å². The second-order valence-electron chi connectivity index (χ2n) is 12.2. The molecule has 5 N–H and O–H groups in total. The average molecular weight is 472 g/mol. The van der Waals surface area contributed by atoms with Gasteiger partial charge in [0.15, 0.2) is 18.9 Å². The number of hydrogen-bond donors (Lipinski definition) is 3. The van der Waals surface area contributed by atoms with Gasteiger partial charge in [0.2, 0.25) is 0 Å². The first-order chi connectivity index (χ1) is 16.2. The molecule has 0 unspecified atom stereocenters. The molecule has 0 aliphatic rings. The lowest BCUT2D eigenvalue weighted by molar-refractivity contribution is -0.704. The molecule has 0 spiro atoms. The van der Waals surface area contributed by atoms with Crippen LogP contribution in [0.5, 0.6) is 0 Å². The Labute approximate surface area is 211 Å². The van der Waals surface area contributed by atoms with Gasteiger partial charge in [-0.3, -0.25) is 5.41 Å². The second-order valence-corrected chi connectivity index (χ2v) is 12.2. The number of hydrogen-bond acceptors (Lipinski definition) is 2. The van der Waals surface area contributed by atoms with Gasteiger partial charge in [-0.2, -0.15) is 0 Å². The minimum absolute atomic E-state index is 0.0696. The van der Waals surface area contributed by atoms with Gasteiger partial charge in [-0.1, -0.05) is 71.0 Å². The fourth-order valence-electron chi connectivity index (χ4n) is 4.71. The maximum atomic E-state index is 7.81. The van der Waals surface area contributed by atoms with E-state index in [2.05, 4.69) is 102 Å². The van der Waals surface area contributed by atoms with Crippen molar-refractivity contribution >= 4 is 5.84 Å². The molecule has 0 saturated carbocycles. The fourth-order valence-corrected chi connectivity index (χ4v) is 4.71. The summed E-state index contributed by atoms with van der Waals surface area (Å²) in [7, 11) is 0. The summed E-state index contributed by atoms with van der Waals surface area (Å²) in [4.78, 5) is 0. The van der Waals surface area contributed by atoms with Gasteiger partial charge < -0.3 is 11.5 Å². The topological polar surface area (TPSA) is 79.8 Å². The number of nitrogens with zero attached hydrogens (tertiary/aromatic N) is 1. The molecule has 3 aromatic rings. The summed E-state index contributed by atoms with van der Waals surface area (Å²) >= 11 is 0. The number of nitrogen functional groups attached to an aromatic ring is 1. The van der Waals surface area contributed by atoms with E-state index in [1.54, 1.807) is 0 Å². The quantitative estimate of drug-likeness (QED) is 0.230.